The molecule has 2 aromatic carbocycles. The number of aryl methyl sites for hydroxylation is 1. The SMILES string of the molecule is Cc1cc(Br)c(NC(=O)c2ccc(Br)cc2F)c(Br)c1. The average molecular weight is 466 g/mol. The molecule has 0 heterocycles. The maximum Gasteiger partial charge on any atom is 0.258 e. The Hall–Kier alpha value is -0.720. The summed E-state index contributed by atoms with van der Waals surface area (Å²) in [6.45, 7) is 1.94. The lowest BCUT2D eigenvalue weighted by Gasteiger charge is -2.11. The Balaban J connectivity index is 2.33. The van der Waals surface area contributed by atoms with Crippen LogP contribution in [0.2, 0.25) is 0 Å². The molecule has 0 aliphatic carbocycles. The average Bonchev–Trinajstić information content (AvgIpc) is 2.33. The summed E-state index contributed by atoms with van der Waals surface area (Å²) in [5.74, 6) is -1.07. The predicted octanol–water partition coefficient (Wildman–Crippen LogP) is 5.67. The summed E-state index contributed by atoms with van der Waals surface area (Å²) in [5, 5.41) is 2.69. The van der Waals surface area contributed by atoms with Gasteiger partial charge in [0.1, 0.15) is 5.82 Å². The van der Waals surface area contributed by atoms with Crippen LogP contribution in [0.5, 0.6) is 0 Å². The van der Waals surface area contributed by atoms with E-state index in [-0.39, 0.29) is 5.56 Å². The molecule has 0 saturated carbocycles. The molecular formula is C14H9Br3FNO. The molecule has 20 heavy (non-hydrogen) atoms. The highest BCUT2D eigenvalue weighted by Gasteiger charge is 2.15. The Kier molecular flexibility index (Phi) is 4.99. The van der Waals surface area contributed by atoms with E-state index in [2.05, 4.69) is 53.1 Å². The number of anilines is 1. The molecule has 0 spiro atoms. The number of nitrogens with one attached hydrogen (secondary N) is 1. The Morgan fingerprint density at radius 2 is 1.70 bits per heavy atom. The molecule has 0 aliphatic rings. The van der Waals surface area contributed by atoms with E-state index in [0.29, 0.717) is 10.2 Å². The molecular weight excluding hydrogens is 457 g/mol. The maximum absolute atomic E-state index is 13.8. The van der Waals surface area contributed by atoms with Gasteiger partial charge in [0.25, 0.3) is 5.91 Å². The van der Waals surface area contributed by atoms with Gasteiger partial charge in [-0.1, -0.05) is 15.9 Å². The first-order valence-electron chi connectivity index (χ1n) is 5.60. The summed E-state index contributed by atoms with van der Waals surface area (Å²) in [7, 11) is 0. The third-order valence-electron chi connectivity index (χ3n) is 2.60. The second kappa shape index (κ2) is 6.37. The van der Waals surface area contributed by atoms with Gasteiger partial charge >= 0.3 is 0 Å². The Morgan fingerprint density at radius 1 is 1.10 bits per heavy atom. The van der Waals surface area contributed by atoms with E-state index in [9.17, 15) is 9.18 Å². The van der Waals surface area contributed by atoms with Gasteiger partial charge in [0.2, 0.25) is 0 Å². The van der Waals surface area contributed by atoms with Crippen molar-refractivity contribution in [2.45, 2.75) is 6.92 Å². The van der Waals surface area contributed by atoms with Crippen LogP contribution in [0.4, 0.5) is 10.1 Å². The Bertz CT molecular complexity index is 665. The number of carbonyl (C=O) groups excluding carboxylic acids is 1. The molecule has 6 heteroatoms. The molecule has 2 rings (SSSR count). The summed E-state index contributed by atoms with van der Waals surface area (Å²) in [4.78, 5) is 12.1. The van der Waals surface area contributed by atoms with Crippen molar-refractivity contribution in [1.82, 2.24) is 0 Å². The van der Waals surface area contributed by atoms with Gasteiger partial charge < -0.3 is 5.32 Å². The monoisotopic (exact) mass is 463 g/mol. The summed E-state index contributed by atoms with van der Waals surface area (Å²) in [6, 6.07) is 8.06. The van der Waals surface area contributed by atoms with Crippen LogP contribution in [0, 0.1) is 12.7 Å². The van der Waals surface area contributed by atoms with Crippen LogP contribution in [-0.2, 0) is 0 Å². The fourth-order valence-electron chi connectivity index (χ4n) is 1.67. The van der Waals surface area contributed by atoms with Gasteiger partial charge in [-0.15, -0.1) is 0 Å². The van der Waals surface area contributed by atoms with Gasteiger partial charge in [-0.25, -0.2) is 4.39 Å². The number of hydrogen-bond acceptors (Lipinski definition) is 1. The van der Waals surface area contributed by atoms with E-state index < -0.39 is 11.7 Å². The number of rotatable bonds is 2. The standard InChI is InChI=1S/C14H9Br3FNO/c1-7-4-10(16)13(11(17)5-7)19-14(20)9-3-2-8(15)6-12(9)18/h2-6H,1H3,(H,19,20). The lowest BCUT2D eigenvalue weighted by molar-refractivity contribution is 0.102. The lowest BCUT2D eigenvalue weighted by Crippen LogP contribution is -2.14. The zero-order valence-corrected chi connectivity index (χ0v) is 15.1. The molecule has 1 amide bonds. The molecule has 0 aromatic heterocycles. The molecule has 0 atom stereocenters. The number of halogens is 4. The number of amides is 1. The van der Waals surface area contributed by atoms with E-state index in [1.807, 2.05) is 19.1 Å². The van der Waals surface area contributed by atoms with Crippen molar-refractivity contribution < 1.29 is 9.18 Å². The summed E-state index contributed by atoms with van der Waals surface area (Å²) >= 11 is 9.92. The summed E-state index contributed by atoms with van der Waals surface area (Å²) in [6.07, 6.45) is 0. The minimum atomic E-state index is -0.573. The van der Waals surface area contributed by atoms with Gasteiger partial charge in [0, 0.05) is 13.4 Å². The first-order chi connectivity index (χ1) is 9.38. The molecule has 1 N–H and O–H groups in total. The minimum absolute atomic E-state index is 0.00687. The molecule has 0 aliphatic heterocycles. The molecule has 2 aromatic rings. The van der Waals surface area contributed by atoms with E-state index in [1.54, 1.807) is 6.07 Å². The normalized spacial score (nSPS) is 10.4. The quantitative estimate of drug-likeness (QED) is 0.608. The second-order valence-corrected chi connectivity index (χ2v) is 6.81. The zero-order chi connectivity index (χ0) is 14.9. The second-order valence-electron chi connectivity index (χ2n) is 4.18. The first kappa shape index (κ1) is 15.7. The molecule has 0 unspecified atom stereocenters. The van der Waals surface area contributed by atoms with E-state index in [4.69, 9.17) is 0 Å². The van der Waals surface area contributed by atoms with E-state index in [1.165, 1.54) is 12.1 Å². The third-order valence-corrected chi connectivity index (χ3v) is 4.34. The maximum atomic E-state index is 13.8. The first-order valence-corrected chi connectivity index (χ1v) is 7.98. The van der Waals surface area contributed by atoms with Crippen LogP contribution in [0.15, 0.2) is 43.7 Å². The number of benzene rings is 2. The smallest absolute Gasteiger partial charge is 0.258 e. The van der Waals surface area contributed by atoms with Crippen LogP contribution >= 0.6 is 47.8 Å². The number of hydrogen-bond donors (Lipinski definition) is 1. The molecule has 0 saturated heterocycles. The van der Waals surface area contributed by atoms with Crippen LogP contribution in [-0.4, -0.2) is 5.91 Å². The highest BCUT2D eigenvalue weighted by atomic mass is 79.9. The largest absolute Gasteiger partial charge is 0.320 e. The summed E-state index contributed by atoms with van der Waals surface area (Å²) < 4.78 is 15.8. The summed E-state index contributed by atoms with van der Waals surface area (Å²) in [5.41, 5.74) is 1.60. The fourth-order valence-corrected chi connectivity index (χ4v) is 3.62. The lowest BCUT2D eigenvalue weighted by atomic mass is 10.2. The van der Waals surface area contributed by atoms with Gasteiger partial charge in [-0.2, -0.15) is 0 Å². The Morgan fingerprint density at radius 3 is 2.25 bits per heavy atom. The predicted molar refractivity (Wildman–Crippen MR) is 88.6 cm³/mol. The van der Waals surface area contributed by atoms with Crippen molar-refractivity contribution in [2.75, 3.05) is 5.32 Å². The van der Waals surface area contributed by atoms with Crippen molar-refractivity contribution in [3.8, 4) is 0 Å². The van der Waals surface area contributed by atoms with Gasteiger partial charge in [-0.05, 0) is 74.7 Å². The van der Waals surface area contributed by atoms with Gasteiger partial charge in [0.05, 0.1) is 11.3 Å². The number of carbonyl (C=O) groups is 1. The van der Waals surface area contributed by atoms with Crippen molar-refractivity contribution in [3.63, 3.8) is 0 Å². The fraction of sp³-hybridized carbons (Fsp3) is 0.0714. The van der Waals surface area contributed by atoms with Crippen molar-refractivity contribution in [2.24, 2.45) is 0 Å². The molecule has 0 radical (unpaired) electrons. The molecule has 0 bridgehead atoms. The van der Waals surface area contributed by atoms with Crippen molar-refractivity contribution in [1.29, 1.82) is 0 Å². The van der Waals surface area contributed by atoms with Crippen LogP contribution in [0.25, 0.3) is 0 Å². The van der Waals surface area contributed by atoms with Gasteiger partial charge in [-0.3, -0.25) is 4.79 Å². The van der Waals surface area contributed by atoms with Crippen LogP contribution in [0.1, 0.15) is 15.9 Å². The van der Waals surface area contributed by atoms with Crippen LogP contribution < -0.4 is 5.32 Å². The minimum Gasteiger partial charge on any atom is -0.320 e. The highest BCUT2D eigenvalue weighted by Crippen LogP contribution is 2.32. The highest BCUT2D eigenvalue weighted by molar-refractivity contribution is 9.11. The van der Waals surface area contributed by atoms with Crippen molar-refractivity contribution in [3.05, 3.63) is 60.7 Å². The Labute approximate surface area is 141 Å². The van der Waals surface area contributed by atoms with Crippen molar-refractivity contribution >= 4 is 59.4 Å². The third kappa shape index (κ3) is 3.48. The topological polar surface area (TPSA) is 29.1 Å². The zero-order valence-electron chi connectivity index (χ0n) is 10.3. The van der Waals surface area contributed by atoms with E-state index in [0.717, 1.165) is 14.5 Å². The van der Waals surface area contributed by atoms with E-state index >= 15 is 0 Å². The molecule has 0 fully saturated rings. The van der Waals surface area contributed by atoms with Crippen LogP contribution in [0.3, 0.4) is 0 Å². The molecule has 2 nitrogen and oxygen atoms in total. The van der Waals surface area contributed by atoms with Gasteiger partial charge in [0.15, 0.2) is 0 Å². The molecule has 104 valence electrons.